The van der Waals surface area contributed by atoms with Gasteiger partial charge in [0, 0.05) is 42.5 Å². The van der Waals surface area contributed by atoms with Crippen molar-refractivity contribution in [2.75, 3.05) is 42.4 Å². The summed E-state index contributed by atoms with van der Waals surface area (Å²) >= 11 is 6.57. The fourth-order valence-electron chi connectivity index (χ4n) is 5.95. The molecule has 1 aliphatic heterocycles. The zero-order valence-corrected chi connectivity index (χ0v) is 25.9. The van der Waals surface area contributed by atoms with Gasteiger partial charge in [-0.05, 0) is 59.9 Å². The number of ether oxygens (including phenoxy) is 2. The van der Waals surface area contributed by atoms with Crippen molar-refractivity contribution in [3.05, 3.63) is 28.7 Å². The maximum atomic E-state index is 15.6. The molecule has 0 unspecified atom stereocenters. The van der Waals surface area contributed by atoms with Crippen molar-refractivity contribution in [3.63, 3.8) is 0 Å². The second-order valence-electron chi connectivity index (χ2n) is 11.4. The number of rotatable bonds is 13. The number of nitrogens with zero attached hydrogens (tertiary/aromatic N) is 5. The van der Waals surface area contributed by atoms with E-state index in [0.29, 0.717) is 23.8 Å². The smallest absolute Gasteiger partial charge is 0.330 e. The predicted molar refractivity (Wildman–Crippen MR) is 162 cm³/mol. The first-order valence-electron chi connectivity index (χ1n) is 14.7. The van der Waals surface area contributed by atoms with E-state index in [4.69, 9.17) is 26.1 Å². The van der Waals surface area contributed by atoms with Crippen LogP contribution in [0.3, 0.4) is 0 Å². The first-order valence-corrected chi connectivity index (χ1v) is 15.1. The first kappa shape index (κ1) is 31.1. The van der Waals surface area contributed by atoms with Crippen LogP contribution in [0.5, 0.6) is 11.5 Å². The van der Waals surface area contributed by atoms with Gasteiger partial charge in [-0.2, -0.15) is 4.98 Å². The number of anilines is 3. The maximum absolute atomic E-state index is 15.6. The monoisotopic (exact) mass is 590 g/mol. The van der Waals surface area contributed by atoms with Crippen molar-refractivity contribution in [1.29, 1.82) is 0 Å². The SMILES string of the molecule is COc1cc(OC)c(Cl)c(N2Cc3cnc(NCCCCCN(C(C)C)C(C)C)nc3N(C3CCCC3)C2=O)c1F. The second kappa shape index (κ2) is 13.9. The molecule has 226 valence electrons. The summed E-state index contributed by atoms with van der Waals surface area (Å²) in [6.45, 7) is 10.9. The molecule has 2 heterocycles. The Bertz CT molecular complexity index is 1170. The Kier molecular flexibility index (Phi) is 10.5. The van der Waals surface area contributed by atoms with E-state index in [-0.39, 0.29) is 40.8 Å². The van der Waals surface area contributed by atoms with E-state index in [1.165, 1.54) is 25.2 Å². The van der Waals surface area contributed by atoms with Gasteiger partial charge in [-0.25, -0.2) is 14.2 Å². The quantitative estimate of drug-likeness (QED) is 0.255. The number of urea groups is 1. The zero-order valence-electron chi connectivity index (χ0n) is 25.2. The van der Waals surface area contributed by atoms with Gasteiger partial charge >= 0.3 is 6.03 Å². The summed E-state index contributed by atoms with van der Waals surface area (Å²) in [5.41, 5.74) is 0.652. The number of fused-ring (bicyclic) bond motifs is 1. The van der Waals surface area contributed by atoms with Crippen LogP contribution in [0.25, 0.3) is 0 Å². The Morgan fingerprint density at radius 2 is 1.78 bits per heavy atom. The zero-order chi connectivity index (χ0) is 29.7. The van der Waals surface area contributed by atoms with Gasteiger partial charge in [-0.15, -0.1) is 0 Å². The van der Waals surface area contributed by atoms with Gasteiger partial charge in [0.1, 0.15) is 22.3 Å². The maximum Gasteiger partial charge on any atom is 0.330 e. The molecule has 2 aliphatic rings. The number of nitrogens with one attached hydrogen (secondary N) is 1. The topological polar surface area (TPSA) is 83.1 Å². The average Bonchev–Trinajstić information content (AvgIpc) is 3.47. The summed E-state index contributed by atoms with van der Waals surface area (Å²) in [6.07, 6.45) is 8.71. The third kappa shape index (κ3) is 6.80. The molecule has 0 atom stereocenters. The molecule has 0 bridgehead atoms. The lowest BCUT2D eigenvalue weighted by molar-refractivity contribution is 0.171. The van der Waals surface area contributed by atoms with Crippen molar-refractivity contribution >= 4 is 35.1 Å². The largest absolute Gasteiger partial charge is 0.495 e. The molecule has 41 heavy (non-hydrogen) atoms. The van der Waals surface area contributed by atoms with Crippen LogP contribution in [-0.4, -0.2) is 66.3 Å². The summed E-state index contributed by atoms with van der Waals surface area (Å²) in [6, 6.07) is 2.05. The molecule has 1 aliphatic carbocycles. The van der Waals surface area contributed by atoms with E-state index >= 15 is 4.39 Å². The number of amides is 2. The standard InChI is InChI=1S/C30H44ClFN6O3/c1-19(2)36(20(3)4)15-11-7-10-14-33-29-34-17-21-18-37(27-25(31)23(40-5)16-24(41-6)26(27)32)30(39)38(28(21)35-29)22-12-8-9-13-22/h16-17,19-20,22H,7-15,18H2,1-6H3,(H,33,34,35). The molecule has 0 spiro atoms. The Morgan fingerprint density at radius 3 is 2.41 bits per heavy atom. The lowest BCUT2D eigenvalue weighted by atomic mass is 10.1. The summed E-state index contributed by atoms with van der Waals surface area (Å²) in [5, 5.41) is 3.36. The minimum atomic E-state index is -0.717. The fourth-order valence-corrected chi connectivity index (χ4v) is 6.26. The van der Waals surface area contributed by atoms with Gasteiger partial charge in [0.2, 0.25) is 5.95 Å². The number of halogens is 2. The van der Waals surface area contributed by atoms with Crippen LogP contribution in [0.1, 0.15) is 78.2 Å². The van der Waals surface area contributed by atoms with Crippen molar-refractivity contribution in [1.82, 2.24) is 14.9 Å². The highest BCUT2D eigenvalue weighted by molar-refractivity contribution is 6.35. The molecule has 1 fully saturated rings. The van der Waals surface area contributed by atoms with Gasteiger partial charge < -0.3 is 14.8 Å². The van der Waals surface area contributed by atoms with Crippen molar-refractivity contribution in [3.8, 4) is 11.5 Å². The molecule has 4 rings (SSSR count). The van der Waals surface area contributed by atoms with E-state index in [2.05, 4.69) is 42.9 Å². The third-order valence-corrected chi connectivity index (χ3v) is 8.41. The molecule has 1 aromatic carbocycles. The molecule has 2 amide bonds. The highest BCUT2D eigenvalue weighted by Crippen LogP contribution is 2.45. The van der Waals surface area contributed by atoms with Crippen LogP contribution in [0.2, 0.25) is 5.02 Å². The normalized spacial score (nSPS) is 15.8. The van der Waals surface area contributed by atoms with Gasteiger partial charge in [-0.3, -0.25) is 14.7 Å². The fraction of sp³-hybridized carbons (Fsp3) is 0.633. The van der Waals surface area contributed by atoms with Crippen LogP contribution in [0.15, 0.2) is 12.3 Å². The summed E-state index contributed by atoms with van der Waals surface area (Å²) in [5.74, 6) is 0.524. The van der Waals surface area contributed by atoms with Gasteiger partial charge in [-0.1, -0.05) is 30.9 Å². The first-order chi connectivity index (χ1) is 19.7. The van der Waals surface area contributed by atoms with Crippen LogP contribution in [-0.2, 0) is 6.54 Å². The molecule has 11 heteroatoms. The number of carbonyl (C=O) groups is 1. The highest BCUT2D eigenvalue weighted by Gasteiger charge is 2.41. The summed E-state index contributed by atoms with van der Waals surface area (Å²) < 4.78 is 26.1. The second-order valence-corrected chi connectivity index (χ2v) is 11.8. The molecule has 1 N–H and O–H groups in total. The highest BCUT2D eigenvalue weighted by atomic mass is 35.5. The number of carbonyl (C=O) groups excluding carboxylic acids is 1. The molecule has 1 saturated carbocycles. The number of hydrogen-bond acceptors (Lipinski definition) is 7. The van der Waals surface area contributed by atoms with Gasteiger partial charge in [0.25, 0.3) is 0 Å². The van der Waals surface area contributed by atoms with E-state index in [0.717, 1.165) is 63.6 Å². The van der Waals surface area contributed by atoms with Gasteiger partial charge in [0.05, 0.1) is 20.8 Å². The Labute approximate surface area is 248 Å². The summed E-state index contributed by atoms with van der Waals surface area (Å²) in [7, 11) is 2.80. The average molecular weight is 591 g/mol. The molecule has 9 nitrogen and oxygen atoms in total. The molecular formula is C30H44ClFN6O3. The number of unbranched alkanes of at least 4 members (excludes halogenated alkanes) is 2. The predicted octanol–water partition coefficient (Wildman–Crippen LogP) is 6.88. The van der Waals surface area contributed by atoms with Crippen molar-refractivity contribution < 1.29 is 18.7 Å². The minimum absolute atomic E-state index is 0.0121. The number of benzene rings is 1. The Hall–Kier alpha value is -2.85. The summed E-state index contributed by atoms with van der Waals surface area (Å²) in [4.78, 5) is 28.9. The van der Waals surface area contributed by atoms with Crippen LogP contribution < -0.4 is 24.6 Å². The van der Waals surface area contributed by atoms with Crippen LogP contribution >= 0.6 is 11.6 Å². The van der Waals surface area contributed by atoms with Crippen LogP contribution in [0.4, 0.5) is 26.6 Å². The minimum Gasteiger partial charge on any atom is -0.495 e. The lowest BCUT2D eigenvalue weighted by Gasteiger charge is -2.39. The third-order valence-electron chi connectivity index (χ3n) is 8.05. The van der Waals surface area contributed by atoms with Gasteiger partial charge in [0.15, 0.2) is 11.6 Å². The molecule has 2 aromatic rings. The Morgan fingerprint density at radius 1 is 1.10 bits per heavy atom. The molecule has 0 saturated heterocycles. The van der Waals surface area contributed by atoms with Crippen molar-refractivity contribution in [2.24, 2.45) is 0 Å². The van der Waals surface area contributed by atoms with Crippen LogP contribution in [0, 0.1) is 5.82 Å². The van der Waals surface area contributed by atoms with E-state index in [1.54, 1.807) is 11.1 Å². The number of methoxy groups -OCH3 is 2. The number of aromatic nitrogens is 2. The molecule has 0 radical (unpaired) electrons. The van der Waals surface area contributed by atoms with E-state index in [9.17, 15) is 4.79 Å². The van der Waals surface area contributed by atoms with E-state index < -0.39 is 5.82 Å². The van der Waals surface area contributed by atoms with Crippen molar-refractivity contribution in [2.45, 2.75) is 97.3 Å². The lowest BCUT2D eigenvalue weighted by Crippen LogP contribution is -2.52. The molecule has 1 aromatic heterocycles. The Balaban J connectivity index is 1.52. The number of hydrogen-bond donors (Lipinski definition) is 1. The molecular weight excluding hydrogens is 547 g/mol. The van der Waals surface area contributed by atoms with E-state index in [1.807, 2.05) is 0 Å².